The van der Waals surface area contributed by atoms with Crippen molar-refractivity contribution in [2.75, 3.05) is 5.43 Å². The first kappa shape index (κ1) is 14.0. The van der Waals surface area contributed by atoms with E-state index < -0.39 is 14.8 Å². The molecule has 8 heteroatoms. The van der Waals surface area contributed by atoms with Gasteiger partial charge in [0.05, 0.1) is 15.5 Å². The van der Waals surface area contributed by atoms with Crippen LogP contribution in [0.5, 0.6) is 0 Å². The van der Waals surface area contributed by atoms with Crippen LogP contribution in [0, 0.1) is 10.1 Å². The highest BCUT2D eigenvalue weighted by Crippen LogP contribution is 2.30. The number of anilines is 1. The highest BCUT2D eigenvalue weighted by molar-refractivity contribution is 7.91. The number of non-ortho nitro benzene ring substituents is 1. The summed E-state index contributed by atoms with van der Waals surface area (Å²) in [6.07, 6.45) is 0. The van der Waals surface area contributed by atoms with E-state index in [2.05, 4.69) is 5.43 Å². The summed E-state index contributed by atoms with van der Waals surface area (Å²) in [6.45, 7) is 0. The number of hydrogen-bond acceptors (Lipinski definition) is 6. The molecule has 2 aromatic rings. The molecule has 0 atom stereocenters. The largest absolute Gasteiger partial charge is 0.323 e. The van der Waals surface area contributed by atoms with Gasteiger partial charge in [0.2, 0.25) is 9.84 Å². The Labute approximate surface area is 115 Å². The minimum Gasteiger partial charge on any atom is -0.323 e. The van der Waals surface area contributed by atoms with E-state index in [9.17, 15) is 18.5 Å². The quantitative estimate of drug-likeness (QED) is 0.503. The van der Waals surface area contributed by atoms with Crippen LogP contribution in [-0.2, 0) is 9.84 Å². The molecule has 2 rings (SSSR count). The predicted octanol–water partition coefficient (Wildman–Crippen LogP) is 1.71. The molecule has 0 aliphatic rings. The Hall–Kier alpha value is -2.45. The molecular formula is C12H11N3O4S. The van der Waals surface area contributed by atoms with Gasteiger partial charge in [-0.1, -0.05) is 18.2 Å². The number of sulfone groups is 1. The molecule has 2 aromatic carbocycles. The van der Waals surface area contributed by atoms with Crippen molar-refractivity contribution >= 4 is 21.2 Å². The van der Waals surface area contributed by atoms with Crippen LogP contribution in [0.2, 0.25) is 0 Å². The molecule has 0 bridgehead atoms. The predicted molar refractivity (Wildman–Crippen MR) is 72.8 cm³/mol. The van der Waals surface area contributed by atoms with Gasteiger partial charge in [-0.05, 0) is 18.2 Å². The first-order chi connectivity index (χ1) is 9.46. The van der Waals surface area contributed by atoms with Gasteiger partial charge >= 0.3 is 0 Å². The number of nitro groups is 1. The first-order valence-electron chi connectivity index (χ1n) is 5.52. The van der Waals surface area contributed by atoms with Crippen molar-refractivity contribution in [2.24, 2.45) is 5.84 Å². The summed E-state index contributed by atoms with van der Waals surface area (Å²) in [4.78, 5) is 9.92. The monoisotopic (exact) mass is 293 g/mol. The van der Waals surface area contributed by atoms with Gasteiger partial charge in [0.1, 0.15) is 4.90 Å². The molecule has 0 unspecified atom stereocenters. The second kappa shape index (κ2) is 5.27. The molecule has 3 N–H and O–H groups in total. The van der Waals surface area contributed by atoms with Gasteiger partial charge in [-0.15, -0.1) is 0 Å². The number of nitrogens with two attached hydrogens (primary N) is 1. The number of hydrazine groups is 1. The van der Waals surface area contributed by atoms with Gasteiger partial charge in [0, 0.05) is 12.1 Å². The molecule has 0 aliphatic heterocycles. The molecule has 0 aromatic heterocycles. The lowest BCUT2D eigenvalue weighted by molar-refractivity contribution is -0.385. The maximum atomic E-state index is 12.5. The van der Waals surface area contributed by atoms with Crippen LogP contribution in [0.3, 0.4) is 0 Å². The van der Waals surface area contributed by atoms with Gasteiger partial charge in [0.25, 0.3) is 5.69 Å². The van der Waals surface area contributed by atoms with Crippen molar-refractivity contribution in [1.29, 1.82) is 0 Å². The minimum atomic E-state index is -3.88. The zero-order valence-electron chi connectivity index (χ0n) is 10.2. The van der Waals surface area contributed by atoms with E-state index in [1.807, 2.05) is 0 Å². The third-order valence-corrected chi connectivity index (χ3v) is 4.48. The van der Waals surface area contributed by atoms with E-state index in [1.165, 1.54) is 24.3 Å². The Balaban J connectivity index is 2.67. The lowest BCUT2D eigenvalue weighted by Crippen LogP contribution is -2.12. The molecule has 0 amide bonds. The lowest BCUT2D eigenvalue weighted by Gasteiger charge is -2.09. The van der Waals surface area contributed by atoms with Crippen LogP contribution >= 0.6 is 0 Å². The fourth-order valence-electron chi connectivity index (χ4n) is 1.69. The van der Waals surface area contributed by atoms with Crippen molar-refractivity contribution in [2.45, 2.75) is 9.79 Å². The average molecular weight is 293 g/mol. The zero-order chi connectivity index (χ0) is 14.8. The number of nitrogens with one attached hydrogen (secondary N) is 1. The van der Waals surface area contributed by atoms with Crippen LogP contribution in [0.25, 0.3) is 0 Å². The van der Waals surface area contributed by atoms with Crippen molar-refractivity contribution < 1.29 is 13.3 Å². The van der Waals surface area contributed by atoms with Crippen molar-refractivity contribution in [3.63, 3.8) is 0 Å². The van der Waals surface area contributed by atoms with Crippen LogP contribution < -0.4 is 11.3 Å². The third-order valence-electron chi connectivity index (χ3n) is 2.67. The van der Waals surface area contributed by atoms with Crippen LogP contribution in [0.15, 0.2) is 58.3 Å². The second-order valence-corrected chi connectivity index (χ2v) is 5.82. The van der Waals surface area contributed by atoms with Crippen LogP contribution in [0.4, 0.5) is 11.4 Å². The Kier molecular flexibility index (Phi) is 3.68. The van der Waals surface area contributed by atoms with E-state index >= 15 is 0 Å². The Bertz CT molecular complexity index is 745. The third kappa shape index (κ3) is 2.46. The molecule has 7 nitrogen and oxygen atoms in total. The summed E-state index contributed by atoms with van der Waals surface area (Å²) < 4.78 is 24.9. The number of nitrogens with zero attached hydrogens (tertiary/aromatic N) is 1. The number of benzene rings is 2. The summed E-state index contributed by atoms with van der Waals surface area (Å²) in [7, 11) is -3.88. The molecule has 20 heavy (non-hydrogen) atoms. The molecule has 104 valence electrons. The van der Waals surface area contributed by atoms with Gasteiger partial charge in [-0.2, -0.15) is 0 Å². The van der Waals surface area contributed by atoms with Crippen LogP contribution in [0.1, 0.15) is 0 Å². The SMILES string of the molecule is NNc1ccc([N+](=O)[O-])cc1S(=O)(=O)c1ccccc1. The normalized spacial score (nSPS) is 11.1. The van der Waals surface area contributed by atoms with E-state index in [0.29, 0.717) is 0 Å². The smallest absolute Gasteiger partial charge is 0.270 e. The standard InChI is InChI=1S/C12H11N3O4S/c13-14-11-7-6-9(15(16)17)8-12(11)20(18,19)10-4-2-1-3-5-10/h1-8,14H,13H2. The van der Waals surface area contributed by atoms with Crippen molar-refractivity contribution in [1.82, 2.24) is 0 Å². The Morgan fingerprint density at radius 2 is 1.75 bits per heavy atom. The zero-order valence-corrected chi connectivity index (χ0v) is 11.0. The Morgan fingerprint density at radius 1 is 1.10 bits per heavy atom. The maximum Gasteiger partial charge on any atom is 0.270 e. The fraction of sp³-hybridized carbons (Fsp3) is 0. The molecule has 0 saturated carbocycles. The molecule has 0 fully saturated rings. The number of nitrogen functional groups attached to an aromatic ring is 1. The molecular weight excluding hydrogens is 282 g/mol. The van der Waals surface area contributed by atoms with E-state index in [0.717, 1.165) is 6.07 Å². The first-order valence-corrected chi connectivity index (χ1v) is 7.00. The summed E-state index contributed by atoms with van der Waals surface area (Å²) in [5, 5.41) is 10.8. The molecule has 0 radical (unpaired) electrons. The molecule has 0 heterocycles. The lowest BCUT2D eigenvalue weighted by atomic mass is 10.3. The molecule has 0 spiro atoms. The average Bonchev–Trinajstić information content (AvgIpc) is 2.47. The number of hydrogen-bond donors (Lipinski definition) is 2. The summed E-state index contributed by atoms with van der Waals surface area (Å²) in [5.74, 6) is 5.27. The second-order valence-electron chi connectivity index (χ2n) is 3.90. The van der Waals surface area contributed by atoms with Crippen molar-refractivity contribution in [3.8, 4) is 0 Å². The highest BCUT2D eigenvalue weighted by Gasteiger charge is 2.23. The van der Waals surface area contributed by atoms with Gasteiger partial charge in [0.15, 0.2) is 0 Å². The van der Waals surface area contributed by atoms with Gasteiger partial charge < -0.3 is 5.43 Å². The topological polar surface area (TPSA) is 115 Å². The van der Waals surface area contributed by atoms with E-state index in [-0.39, 0.29) is 21.2 Å². The van der Waals surface area contributed by atoms with Crippen LogP contribution in [-0.4, -0.2) is 13.3 Å². The summed E-state index contributed by atoms with van der Waals surface area (Å²) in [5.41, 5.74) is 2.01. The maximum absolute atomic E-state index is 12.5. The number of nitro benzene ring substituents is 1. The van der Waals surface area contributed by atoms with Gasteiger partial charge in [-0.25, -0.2) is 8.42 Å². The minimum absolute atomic E-state index is 0.0389. The van der Waals surface area contributed by atoms with Gasteiger partial charge in [-0.3, -0.25) is 16.0 Å². The fourth-order valence-corrected chi connectivity index (χ4v) is 3.15. The highest BCUT2D eigenvalue weighted by atomic mass is 32.2. The summed E-state index contributed by atoms with van der Waals surface area (Å²) >= 11 is 0. The Morgan fingerprint density at radius 3 is 2.30 bits per heavy atom. The van der Waals surface area contributed by atoms with E-state index in [4.69, 9.17) is 5.84 Å². The van der Waals surface area contributed by atoms with Crippen molar-refractivity contribution in [3.05, 3.63) is 58.6 Å². The van der Waals surface area contributed by atoms with E-state index in [1.54, 1.807) is 18.2 Å². The number of rotatable bonds is 4. The molecule has 0 aliphatic carbocycles. The molecule has 0 saturated heterocycles. The summed E-state index contributed by atoms with van der Waals surface area (Å²) in [6, 6.07) is 11.1.